The van der Waals surface area contributed by atoms with Crippen LogP contribution in [0.25, 0.3) is 22.5 Å². The lowest BCUT2D eigenvalue weighted by atomic mass is 10.1. The Morgan fingerprint density at radius 3 is 2.49 bits per heavy atom. The van der Waals surface area contributed by atoms with E-state index in [9.17, 15) is 9.59 Å². The van der Waals surface area contributed by atoms with Crippen LogP contribution in [0.15, 0.2) is 73.1 Å². The second kappa shape index (κ2) is 12.5. The Morgan fingerprint density at radius 2 is 1.78 bits per heavy atom. The van der Waals surface area contributed by atoms with E-state index < -0.39 is 6.09 Å². The summed E-state index contributed by atoms with van der Waals surface area (Å²) in [5.41, 5.74) is 9.92. The molecule has 37 heavy (non-hydrogen) atoms. The Kier molecular flexibility index (Phi) is 8.70. The maximum atomic E-state index is 12.6. The largest absolute Gasteiger partial charge is 0.445 e. The molecule has 1 atom stereocenters. The van der Waals surface area contributed by atoms with Gasteiger partial charge >= 0.3 is 6.09 Å². The lowest BCUT2D eigenvalue weighted by Crippen LogP contribution is -2.30. The molecule has 0 aliphatic carbocycles. The van der Waals surface area contributed by atoms with Gasteiger partial charge in [0, 0.05) is 25.2 Å². The van der Waals surface area contributed by atoms with E-state index in [1.54, 1.807) is 10.9 Å². The lowest BCUT2D eigenvalue weighted by molar-refractivity contribution is -0.118. The maximum Gasteiger partial charge on any atom is 0.408 e. The van der Waals surface area contributed by atoms with Gasteiger partial charge in [-0.1, -0.05) is 67.4 Å². The first kappa shape index (κ1) is 25.7. The minimum Gasteiger partial charge on any atom is -0.445 e. The number of nitrogens with one attached hydrogen (secondary N) is 2. The van der Waals surface area contributed by atoms with Gasteiger partial charge in [-0.15, -0.1) is 0 Å². The van der Waals surface area contributed by atoms with Gasteiger partial charge in [0.2, 0.25) is 5.91 Å². The highest BCUT2D eigenvalue weighted by Crippen LogP contribution is 2.25. The van der Waals surface area contributed by atoms with Gasteiger partial charge in [-0.05, 0) is 30.0 Å². The molecule has 9 heteroatoms. The molecule has 2 aromatic heterocycles. The number of nitrogens with zero attached hydrogens (tertiary/aromatic N) is 3. The summed E-state index contributed by atoms with van der Waals surface area (Å²) in [7, 11) is 1.89. The van der Waals surface area contributed by atoms with Crippen LogP contribution in [0.1, 0.15) is 49.5 Å². The van der Waals surface area contributed by atoms with Crippen molar-refractivity contribution in [3.63, 3.8) is 0 Å². The number of ether oxygens (including phenoxy) is 1. The number of hydrogen-bond donors (Lipinski definition) is 3. The Hall–Kier alpha value is -4.40. The predicted octanol–water partition coefficient (Wildman–Crippen LogP) is 4.88. The Morgan fingerprint density at radius 1 is 1.03 bits per heavy atom. The highest BCUT2D eigenvalue weighted by Gasteiger charge is 2.19. The van der Waals surface area contributed by atoms with E-state index in [1.165, 1.54) is 0 Å². The summed E-state index contributed by atoms with van der Waals surface area (Å²) in [6.45, 7) is 0.185. The number of aryl methyl sites for hydroxylation is 1. The van der Waals surface area contributed by atoms with Gasteiger partial charge in [0.05, 0.1) is 23.6 Å². The molecule has 192 valence electrons. The quantitative estimate of drug-likeness (QED) is 0.239. The van der Waals surface area contributed by atoms with E-state index in [0.717, 1.165) is 40.9 Å². The van der Waals surface area contributed by atoms with E-state index in [4.69, 9.17) is 10.5 Å². The van der Waals surface area contributed by atoms with Crippen molar-refractivity contribution in [1.29, 1.82) is 0 Å². The van der Waals surface area contributed by atoms with Gasteiger partial charge in [0.15, 0.2) is 0 Å². The first-order valence-electron chi connectivity index (χ1n) is 12.4. The predicted molar refractivity (Wildman–Crippen MR) is 141 cm³/mol. The molecule has 0 bridgehead atoms. The number of imidazole rings is 1. The molecule has 0 aliphatic heterocycles. The van der Waals surface area contributed by atoms with Crippen molar-refractivity contribution in [2.45, 2.75) is 44.8 Å². The smallest absolute Gasteiger partial charge is 0.408 e. The number of alkyl carbamates (subject to hydrolysis) is 1. The number of unbranched alkanes of at least 4 members (excludes halogenated alkanes) is 2. The van der Waals surface area contributed by atoms with Crippen molar-refractivity contribution in [3.8, 4) is 22.5 Å². The number of amides is 2. The molecule has 0 unspecified atom stereocenters. The number of aromatic amines is 1. The average molecular weight is 501 g/mol. The third-order valence-electron chi connectivity index (χ3n) is 6.05. The number of rotatable bonds is 12. The molecule has 0 radical (unpaired) electrons. The van der Waals surface area contributed by atoms with E-state index >= 15 is 0 Å². The molecule has 4 N–H and O–H groups in total. The van der Waals surface area contributed by atoms with E-state index in [2.05, 4.69) is 20.4 Å². The minimum atomic E-state index is -0.511. The number of H-pyrrole nitrogens is 1. The van der Waals surface area contributed by atoms with Crippen LogP contribution in [0.3, 0.4) is 0 Å². The van der Waals surface area contributed by atoms with Gasteiger partial charge in [-0.2, -0.15) is 5.10 Å². The zero-order valence-electron chi connectivity index (χ0n) is 20.9. The molecule has 4 aromatic rings. The second-order valence-corrected chi connectivity index (χ2v) is 8.96. The van der Waals surface area contributed by atoms with Crippen LogP contribution in [-0.2, 0) is 23.2 Å². The molecule has 2 heterocycles. The third kappa shape index (κ3) is 7.54. The van der Waals surface area contributed by atoms with Crippen LogP contribution in [0, 0.1) is 0 Å². The van der Waals surface area contributed by atoms with Crippen LogP contribution in [0.2, 0.25) is 0 Å². The topological polar surface area (TPSA) is 128 Å². The van der Waals surface area contributed by atoms with Crippen molar-refractivity contribution in [2.75, 3.05) is 0 Å². The van der Waals surface area contributed by atoms with Gasteiger partial charge in [0.1, 0.15) is 12.4 Å². The third-order valence-corrected chi connectivity index (χ3v) is 6.05. The molecule has 2 amide bonds. The van der Waals surface area contributed by atoms with Crippen molar-refractivity contribution < 1.29 is 14.3 Å². The first-order valence-corrected chi connectivity index (χ1v) is 12.4. The number of primary amides is 1. The summed E-state index contributed by atoms with van der Waals surface area (Å²) < 4.78 is 7.20. The van der Waals surface area contributed by atoms with Gasteiger partial charge in [-0.25, -0.2) is 9.78 Å². The molecule has 9 nitrogen and oxygen atoms in total. The highest BCUT2D eigenvalue weighted by molar-refractivity contribution is 5.73. The van der Waals surface area contributed by atoms with Crippen LogP contribution < -0.4 is 11.1 Å². The van der Waals surface area contributed by atoms with E-state index in [1.807, 2.05) is 73.9 Å². The maximum absolute atomic E-state index is 12.6. The van der Waals surface area contributed by atoms with Gasteiger partial charge in [0.25, 0.3) is 0 Å². The second-order valence-electron chi connectivity index (χ2n) is 8.96. The number of aromatic nitrogens is 4. The summed E-state index contributed by atoms with van der Waals surface area (Å²) in [5, 5.41) is 7.39. The zero-order valence-corrected chi connectivity index (χ0v) is 20.9. The van der Waals surface area contributed by atoms with Crippen LogP contribution in [0.4, 0.5) is 4.79 Å². The van der Waals surface area contributed by atoms with E-state index in [-0.39, 0.29) is 18.6 Å². The van der Waals surface area contributed by atoms with Crippen LogP contribution in [-0.4, -0.2) is 31.7 Å². The van der Waals surface area contributed by atoms with Crippen molar-refractivity contribution >= 4 is 12.0 Å². The fraction of sp³-hybridized carbons (Fsp3) is 0.286. The SMILES string of the molecule is Cn1ccc(-c2ccc(-c3cnc([C@H](CCCCCC(N)=O)NC(=O)OCc4ccccc4)[nH]3)cc2)n1. The van der Waals surface area contributed by atoms with Crippen molar-refractivity contribution in [1.82, 2.24) is 25.1 Å². The monoisotopic (exact) mass is 500 g/mol. The Balaban J connectivity index is 1.42. The van der Waals surface area contributed by atoms with Gasteiger partial charge in [-0.3, -0.25) is 9.48 Å². The normalized spacial score (nSPS) is 11.7. The molecule has 0 saturated carbocycles. The highest BCUT2D eigenvalue weighted by atomic mass is 16.5. The Bertz CT molecular complexity index is 1300. The first-order chi connectivity index (χ1) is 18.0. The van der Waals surface area contributed by atoms with Gasteiger partial charge < -0.3 is 20.8 Å². The zero-order chi connectivity index (χ0) is 26.0. The summed E-state index contributed by atoms with van der Waals surface area (Å²) in [5.74, 6) is 0.347. The molecular formula is C28H32N6O3. The van der Waals surface area contributed by atoms with Crippen LogP contribution in [0.5, 0.6) is 0 Å². The van der Waals surface area contributed by atoms with E-state index in [0.29, 0.717) is 25.1 Å². The molecular weight excluding hydrogens is 468 g/mol. The summed E-state index contributed by atoms with van der Waals surface area (Å²) in [6.07, 6.45) is 6.50. The molecule has 0 aliphatic rings. The fourth-order valence-corrected chi connectivity index (χ4v) is 4.06. The summed E-state index contributed by atoms with van der Waals surface area (Å²) in [6, 6.07) is 19.2. The fourth-order valence-electron chi connectivity index (χ4n) is 4.06. The molecule has 4 rings (SSSR count). The summed E-state index contributed by atoms with van der Waals surface area (Å²) >= 11 is 0. The number of carbonyl (C=O) groups excluding carboxylic acids is 2. The minimum absolute atomic E-state index is 0.185. The number of carbonyl (C=O) groups is 2. The number of nitrogens with two attached hydrogens (primary N) is 1. The molecule has 0 fully saturated rings. The Labute approximate surface area is 216 Å². The molecule has 0 saturated heterocycles. The molecule has 2 aromatic carbocycles. The lowest BCUT2D eigenvalue weighted by Gasteiger charge is -2.17. The standard InChI is InChI=1S/C28H32N6O3/c1-34-17-16-23(33-34)21-12-14-22(15-13-21)25-18-30-27(31-25)24(10-6-3-7-11-26(29)35)32-28(36)37-19-20-8-4-2-5-9-20/h2,4-5,8-9,12-18,24H,3,6-7,10-11,19H2,1H3,(H2,29,35)(H,30,31)(H,32,36)/t24-/m0/s1. The molecule has 0 spiro atoms. The number of hydrogen-bond acceptors (Lipinski definition) is 5. The van der Waals surface area contributed by atoms with Crippen molar-refractivity contribution in [3.05, 3.63) is 84.4 Å². The van der Waals surface area contributed by atoms with Crippen LogP contribution >= 0.6 is 0 Å². The number of benzene rings is 2. The van der Waals surface area contributed by atoms with Crippen molar-refractivity contribution in [2.24, 2.45) is 12.8 Å². The summed E-state index contributed by atoms with van der Waals surface area (Å²) in [4.78, 5) is 31.5. The average Bonchev–Trinajstić information content (AvgIpc) is 3.57.